The topological polar surface area (TPSA) is 129 Å². The van der Waals surface area contributed by atoms with E-state index in [1.165, 1.54) is 7.11 Å². The van der Waals surface area contributed by atoms with Crippen LogP contribution in [0.25, 0.3) is 0 Å². The Morgan fingerprint density at radius 1 is 1.38 bits per heavy atom. The lowest BCUT2D eigenvalue weighted by molar-refractivity contribution is -0.556. The molecule has 0 aromatic rings. The molecule has 0 fully saturated rings. The fourth-order valence-electron chi connectivity index (χ4n) is 0.232. The predicted molar refractivity (Wildman–Crippen MR) is 40.0 cm³/mol. The van der Waals surface area contributed by atoms with E-state index in [0.717, 1.165) is 0 Å². The Bertz CT molecular complexity index is 149. The highest BCUT2D eigenvalue weighted by Gasteiger charge is 1.94. The number of nitro groups is 2. The van der Waals surface area contributed by atoms with Crippen LogP contribution in [0.4, 0.5) is 0 Å². The maximum atomic E-state index is 9.36. The monoisotopic (exact) mass is 199 g/mol. The summed E-state index contributed by atoms with van der Waals surface area (Å²) < 4.78 is 7.13. The van der Waals surface area contributed by atoms with Crippen molar-refractivity contribution in [3.8, 4) is 0 Å². The number of ether oxygens (including phenoxy) is 2. The smallest absolute Gasteiger partial charge is 0.356 e. The molecule has 0 radical (unpaired) electrons. The molecule has 9 nitrogen and oxygen atoms in total. The number of hydrogen-bond donors (Lipinski definition) is 1. The normalized spacial score (nSPS) is 8.46. The maximum absolute atomic E-state index is 9.36. The molecule has 2 N–H and O–H groups in total. The molecule has 0 atom stereocenters. The van der Waals surface area contributed by atoms with Crippen LogP contribution in [0.2, 0.25) is 0 Å². The molecule has 0 aromatic carbocycles. The van der Waals surface area contributed by atoms with E-state index in [9.17, 15) is 20.2 Å². The minimum atomic E-state index is -0.615. The van der Waals surface area contributed by atoms with Crippen molar-refractivity contribution in [3.05, 3.63) is 20.2 Å². The molecule has 0 aromatic heterocycles. The maximum Gasteiger partial charge on any atom is 0.398 e. The van der Waals surface area contributed by atoms with Gasteiger partial charge >= 0.3 is 13.5 Å². The van der Waals surface area contributed by atoms with Crippen molar-refractivity contribution in [3.63, 3.8) is 0 Å². The molecule has 0 spiro atoms. The molecule has 0 bridgehead atoms. The third-order valence-corrected chi connectivity index (χ3v) is 0.550. The zero-order valence-corrected chi connectivity index (χ0v) is 6.95. The molecule has 0 aliphatic rings. The van der Waals surface area contributed by atoms with Crippen LogP contribution in [0.5, 0.6) is 0 Å². The van der Waals surface area contributed by atoms with Crippen molar-refractivity contribution in [1.82, 2.24) is 0 Å². The molecular formula is C4H11N2O7+. The quantitative estimate of drug-likeness (QED) is 0.250. The van der Waals surface area contributed by atoms with Crippen molar-refractivity contribution in [2.24, 2.45) is 0 Å². The van der Waals surface area contributed by atoms with E-state index >= 15 is 0 Å². The minimum Gasteiger partial charge on any atom is -0.356 e. The Hall–Kier alpha value is -1.32. The lowest BCUT2D eigenvalue weighted by atomic mass is 11.3. The van der Waals surface area contributed by atoms with Crippen LogP contribution in [0.3, 0.4) is 0 Å². The predicted octanol–water partition coefficient (Wildman–Crippen LogP) is -1.43. The summed E-state index contributed by atoms with van der Waals surface area (Å²) >= 11 is 0. The lowest BCUT2D eigenvalue weighted by Crippen LogP contribution is -2.10. The van der Waals surface area contributed by atoms with Gasteiger partial charge in [-0.1, -0.05) is 0 Å². The van der Waals surface area contributed by atoms with Crippen molar-refractivity contribution < 1.29 is 24.4 Å². The minimum absolute atomic E-state index is 0.403. The third kappa shape index (κ3) is 24.9. The molecule has 0 rings (SSSR count). The Kier molecular flexibility index (Phi) is 11.7. The number of methoxy groups -OCH3 is 1. The van der Waals surface area contributed by atoms with Crippen LogP contribution in [0, 0.1) is 20.2 Å². The van der Waals surface area contributed by atoms with Crippen LogP contribution in [-0.4, -0.2) is 47.1 Å². The summed E-state index contributed by atoms with van der Waals surface area (Å²) in [5.74, 6) is 0. The van der Waals surface area contributed by atoms with Crippen molar-refractivity contribution in [1.29, 1.82) is 0 Å². The van der Waals surface area contributed by atoms with E-state index in [2.05, 4.69) is 9.47 Å². The van der Waals surface area contributed by atoms with Crippen molar-refractivity contribution in [2.75, 3.05) is 27.4 Å². The Balaban J connectivity index is 0. The van der Waals surface area contributed by atoms with Crippen LogP contribution in [-0.2, 0) is 4.74 Å². The first-order valence-electron chi connectivity index (χ1n) is 3.01. The van der Waals surface area contributed by atoms with E-state index < -0.39 is 30.1 Å². The van der Waals surface area contributed by atoms with Gasteiger partial charge in [-0.2, -0.15) is 0 Å². The molecule has 9 heteroatoms. The summed E-state index contributed by atoms with van der Waals surface area (Å²) in [6.45, 7) is -1.38. The van der Waals surface area contributed by atoms with Gasteiger partial charge in [-0.3, -0.25) is 20.2 Å². The van der Waals surface area contributed by atoms with Gasteiger partial charge in [-0.15, -0.1) is 0 Å². The highest BCUT2D eigenvalue weighted by molar-refractivity contribution is 4.00. The molecule has 0 saturated heterocycles. The molecule has 0 heterocycles. The molecule has 13 heavy (non-hydrogen) atoms. The average molecular weight is 199 g/mol. The number of aliphatic hydroxyl groups is 3. The van der Waals surface area contributed by atoms with E-state index in [1.807, 2.05) is 0 Å². The van der Waals surface area contributed by atoms with Gasteiger partial charge in [0.2, 0.25) is 0 Å². The zero-order valence-electron chi connectivity index (χ0n) is 6.95. The number of rotatable bonds is 5. The largest absolute Gasteiger partial charge is 0.398 e. The standard InChI is InChI=1S/C2H5NO4.C2H5NO3/c4-2-7-1-3(5)6;1-6-2-3(4)5/h4H,1-2H2;2H2,1H3/p+1. The van der Waals surface area contributed by atoms with Crippen molar-refractivity contribution in [2.45, 2.75) is 0 Å². The van der Waals surface area contributed by atoms with Gasteiger partial charge < -0.3 is 14.6 Å². The molecular weight excluding hydrogens is 188 g/mol. The van der Waals surface area contributed by atoms with Gasteiger partial charge in [0.15, 0.2) is 0 Å². The van der Waals surface area contributed by atoms with Gasteiger partial charge in [0.25, 0.3) is 6.79 Å². The summed E-state index contributed by atoms with van der Waals surface area (Å²) in [6.07, 6.45) is 0. The Labute approximate surface area is 73.2 Å². The Morgan fingerprint density at radius 3 is 2.00 bits per heavy atom. The molecule has 0 aliphatic carbocycles. The molecule has 78 valence electrons. The van der Waals surface area contributed by atoms with E-state index in [4.69, 9.17) is 5.11 Å². The summed E-state index contributed by atoms with van der Waals surface area (Å²) in [4.78, 5) is 17.5. The molecule has 0 unspecified atom stereocenters. The number of hydrogen-bond acceptors (Lipinski definition) is 6. The van der Waals surface area contributed by atoms with Gasteiger partial charge in [-0.25, -0.2) is 0 Å². The van der Waals surface area contributed by atoms with Crippen LogP contribution < -0.4 is 0 Å². The first kappa shape index (κ1) is 14.2. The third-order valence-electron chi connectivity index (χ3n) is 0.550. The Morgan fingerprint density at radius 2 is 1.92 bits per heavy atom. The number of nitrogens with zero attached hydrogens (tertiary/aromatic N) is 2. The fourth-order valence-corrected chi connectivity index (χ4v) is 0.232. The second-order valence-corrected chi connectivity index (χ2v) is 1.59. The number of aliphatic hydroxyl groups excluding tert-OH is 1. The summed E-state index contributed by atoms with van der Waals surface area (Å²) in [5.41, 5.74) is 0. The first-order valence-corrected chi connectivity index (χ1v) is 3.01. The van der Waals surface area contributed by atoms with Crippen LogP contribution in [0.15, 0.2) is 0 Å². The summed E-state index contributed by atoms with van der Waals surface area (Å²) in [7, 11) is 1.28. The summed E-state index contributed by atoms with van der Waals surface area (Å²) in [6, 6.07) is 0. The van der Waals surface area contributed by atoms with Gasteiger partial charge in [0.1, 0.15) is 0 Å². The van der Waals surface area contributed by atoms with Gasteiger partial charge in [0.05, 0.1) is 4.92 Å². The van der Waals surface area contributed by atoms with E-state index in [0.29, 0.717) is 0 Å². The van der Waals surface area contributed by atoms with E-state index in [-0.39, 0.29) is 0 Å². The van der Waals surface area contributed by atoms with Crippen molar-refractivity contribution >= 4 is 0 Å². The zero-order chi connectivity index (χ0) is 10.7. The van der Waals surface area contributed by atoms with Gasteiger partial charge in [-0.05, 0) is 0 Å². The lowest BCUT2D eigenvalue weighted by Gasteiger charge is -1.85. The molecule has 0 amide bonds. The van der Waals surface area contributed by atoms with Crippen LogP contribution >= 0.6 is 0 Å². The highest BCUT2D eigenvalue weighted by atomic mass is 16.7. The molecule has 0 saturated carbocycles. The molecule has 0 aliphatic heterocycles. The average Bonchev–Trinajstić information content (AvgIpc) is 2.01. The second kappa shape index (κ2) is 10.7. The SMILES string of the molecule is COC[N+](=O)[O-].O=[N+]([O-])C[OH+]CO. The highest BCUT2D eigenvalue weighted by Crippen LogP contribution is 1.64. The fraction of sp³-hybridized carbons (Fsp3) is 1.00. The summed E-state index contributed by atoms with van der Waals surface area (Å²) in [5, 5.41) is 26.5. The van der Waals surface area contributed by atoms with Gasteiger partial charge in [0, 0.05) is 12.0 Å². The first-order chi connectivity index (χ1) is 6.04. The van der Waals surface area contributed by atoms with Crippen LogP contribution in [0.1, 0.15) is 0 Å². The van der Waals surface area contributed by atoms with E-state index in [1.54, 1.807) is 0 Å². The second-order valence-electron chi connectivity index (χ2n) is 1.59.